The van der Waals surface area contributed by atoms with Gasteiger partial charge in [0.15, 0.2) is 0 Å². The van der Waals surface area contributed by atoms with Gasteiger partial charge in [-0.1, -0.05) is 30.7 Å². The highest BCUT2D eigenvalue weighted by molar-refractivity contribution is 6.30. The number of piperazine rings is 1. The molecule has 4 rings (SSSR count). The van der Waals surface area contributed by atoms with Gasteiger partial charge in [-0.3, -0.25) is 4.79 Å². The van der Waals surface area contributed by atoms with Crippen molar-refractivity contribution >= 4 is 48.1 Å². The predicted molar refractivity (Wildman–Crippen MR) is 135 cm³/mol. The molecule has 12 heteroatoms. The van der Waals surface area contributed by atoms with E-state index in [-0.39, 0.29) is 37.3 Å². The molecule has 1 fully saturated rings. The standard InChI is InChI=1S/C23H27ClF3N5O.2ClH/c1-15-2-7-19-20(15)21(30-14-29-19)31-8-10-32(11-9-31)22(33)18(12-28-13-23(25,26)27)16-3-5-17(24)6-4-16;;/h3-6,14-15,18,28H,2,7-13H2,1H3;2*1H. The highest BCUT2D eigenvalue weighted by Crippen LogP contribution is 2.37. The number of nitrogens with zero attached hydrogens (tertiary/aromatic N) is 4. The Labute approximate surface area is 220 Å². The molecule has 194 valence electrons. The van der Waals surface area contributed by atoms with Crippen molar-refractivity contribution in [2.24, 2.45) is 0 Å². The Morgan fingerprint density at radius 2 is 1.80 bits per heavy atom. The maximum Gasteiger partial charge on any atom is 0.401 e. The average molecular weight is 555 g/mol. The number of hydrogen-bond donors (Lipinski definition) is 1. The predicted octanol–water partition coefficient (Wildman–Crippen LogP) is 4.61. The molecule has 1 aliphatic carbocycles. The minimum atomic E-state index is -4.34. The number of benzene rings is 1. The minimum absolute atomic E-state index is 0. The molecule has 1 aromatic heterocycles. The molecule has 0 spiro atoms. The Morgan fingerprint density at radius 1 is 1.14 bits per heavy atom. The Kier molecular flexibility index (Phi) is 10.4. The van der Waals surface area contributed by atoms with E-state index in [2.05, 4.69) is 27.1 Å². The third kappa shape index (κ3) is 7.12. The van der Waals surface area contributed by atoms with Crippen LogP contribution in [-0.2, 0) is 11.2 Å². The molecule has 2 aromatic rings. The van der Waals surface area contributed by atoms with Gasteiger partial charge in [-0.05, 0) is 36.5 Å². The van der Waals surface area contributed by atoms with E-state index in [1.807, 2.05) is 0 Å². The van der Waals surface area contributed by atoms with Gasteiger partial charge in [-0.15, -0.1) is 24.8 Å². The number of hydrogen-bond acceptors (Lipinski definition) is 5. The molecule has 1 saturated heterocycles. The fourth-order valence-corrected chi connectivity index (χ4v) is 4.76. The SMILES string of the molecule is CC1CCc2ncnc(N3CCN(C(=O)C(CNCC(F)(F)F)c4ccc(Cl)cc4)CC3)c21.Cl.Cl. The molecular formula is C23H29Cl3F3N5O. The first-order valence-corrected chi connectivity index (χ1v) is 11.5. The van der Waals surface area contributed by atoms with Crippen LogP contribution in [0.25, 0.3) is 0 Å². The van der Waals surface area contributed by atoms with Gasteiger partial charge >= 0.3 is 6.18 Å². The zero-order valence-electron chi connectivity index (χ0n) is 19.2. The average Bonchev–Trinajstić information content (AvgIpc) is 3.18. The van der Waals surface area contributed by atoms with Crippen LogP contribution in [0.2, 0.25) is 5.02 Å². The number of aryl methyl sites for hydroxylation is 1. The summed E-state index contributed by atoms with van der Waals surface area (Å²) in [6.45, 7) is 3.14. The van der Waals surface area contributed by atoms with E-state index in [1.54, 1.807) is 35.5 Å². The molecule has 1 aromatic carbocycles. The van der Waals surface area contributed by atoms with E-state index >= 15 is 0 Å². The first-order chi connectivity index (χ1) is 15.7. The summed E-state index contributed by atoms with van der Waals surface area (Å²) < 4.78 is 38.0. The maximum atomic E-state index is 13.3. The second kappa shape index (κ2) is 12.4. The van der Waals surface area contributed by atoms with E-state index in [9.17, 15) is 18.0 Å². The van der Waals surface area contributed by atoms with Gasteiger partial charge in [0.25, 0.3) is 0 Å². The first kappa shape index (κ1) is 29.4. The van der Waals surface area contributed by atoms with Crippen molar-refractivity contribution in [2.45, 2.75) is 37.8 Å². The van der Waals surface area contributed by atoms with Crippen LogP contribution in [0.5, 0.6) is 0 Å². The summed E-state index contributed by atoms with van der Waals surface area (Å²) in [4.78, 5) is 26.2. The van der Waals surface area contributed by atoms with Gasteiger partial charge < -0.3 is 15.1 Å². The summed E-state index contributed by atoms with van der Waals surface area (Å²) in [6.07, 6.45) is -0.716. The summed E-state index contributed by atoms with van der Waals surface area (Å²) in [6, 6.07) is 6.69. The molecule has 6 nitrogen and oxygen atoms in total. The van der Waals surface area contributed by atoms with Gasteiger partial charge in [0.1, 0.15) is 12.1 Å². The number of nitrogens with one attached hydrogen (secondary N) is 1. The molecule has 1 aliphatic heterocycles. The smallest absolute Gasteiger partial charge is 0.353 e. The number of aromatic nitrogens is 2. The van der Waals surface area contributed by atoms with Gasteiger partial charge in [-0.25, -0.2) is 9.97 Å². The van der Waals surface area contributed by atoms with Crippen molar-refractivity contribution in [2.75, 3.05) is 44.2 Å². The van der Waals surface area contributed by atoms with Crippen LogP contribution in [0.1, 0.15) is 42.0 Å². The molecule has 1 N–H and O–H groups in total. The second-order valence-electron chi connectivity index (χ2n) is 8.66. The lowest BCUT2D eigenvalue weighted by molar-refractivity contribution is -0.135. The fourth-order valence-electron chi connectivity index (χ4n) is 4.64. The quantitative estimate of drug-likeness (QED) is 0.565. The highest BCUT2D eigenvalue weighted by Gasteiger charge is 2.33. The Bertz CT molecular complexity index is 985. The molecule has 0 bridgehead atoms. The van der Waals surface area contributed by atoms with Crippen LogP contribution in [0, 0.1) is 0 Å². The van der Waals surface area contributed by atoms with Gasteiger partial charge in [0.2, 0.25) is 5.91 Å². The summed E-state index contributed by atoms with van der Waals surface area (Å²) in [5, 5.41) is 2.90. The fraction of sp³-hybridized carbons (Fsp3) is 0.522. The summed E-state index contributed by atoms with van der Waals surface area (Å²) >= 11 is 5.96. The number of anilines is 1. The number of carbonyl (C=O) groups excluding carboxylic acids is 1. The van der Waals surface area contributed by atoms with E-state index in [0.717, 1.165) is 24.4 Å². The number of halogens is 6. The van der Waals surface area contributed by atoms with Crippen LogP contribution in [0.15, 0.2) is 30.6 Å². The Balaban J connectivity index is 0.00000216. The maximum absolute atomic E-state index is 13.3. The summed E-state index contributed by atoms with van der Waals surface area (Å²) in [5.74, 6) is 0.440. The third-order valence-electron chi connectivity index (χ3n) is 6.39. The van der Waals surface area contributed by atoms with E-state index in [1.165, 1.54) is 5.56 Å². The summed E-state index contributed by atoms with van der Waals surface area (Å²) in [5.41, 5.74) is 2.95. The van der Waals surface area contributed by atoms with E-state index in [4.69, 9.17) is 11.6 Å². The van der Waals surface area contributed by atoms with Crippen molar-refractivity contribution in [1.29, 1.82) is 0 Å². The second-order valence-corrected chi connectivity index (χ2v) is 9.10. The molecule has 0 radical (unpaired) electrons. The van der Waals surface area contributed by atoms with Crippen LogP contribution < -0.4 is 10.2 Å². The zero-order valence-corrected chi connectivity index (χ0v) is 21.6. The number of fused-ring (bicyclic) bond motifs is 1. The molecule has 35 heavy (non-hydrogen) atoms. The topological polar surface area (TPSA) is 61.4 Å². The lowest BCUT2D eigenvalue weighted by Gasteiger charge is -2.38. The first-order valence-electron chi connectivity index (χ1n) is 11.1. The van der Waals surface area contributed by atoms with Crippen molar-refractivity contribution < 1.29 is 18.0 Å². The number of carbonyl (C=O) groups is 1. The monoisotopic (exact) mass is 553 g/mol. The van der Waals surface area contributed by atoms with Crippen molar-refractivity contribution in [1.82, 2.24) is 20.2 Å². The molecule has 2 heterocycles. The van der Waals surface area contributed by atoms with Gasteiger partial charge in [-0.2, -0.15) is 13.2 Å². The lowest BCUT2D eigenvalue weighted by atomic mass is 9.97. The van der Waals surface area contributed by atoms with E-state index < -0.39 is 18.6 Å². The molecule has 1 amide bonds. The Morgan fingerprint density at radius 3 is 2.43 bits per heavy atom. The number of rotatable bonds is 6. The zero-order chi connectivity index (χ0) is 23.6. The van der Waals surface area contributed by atoms with Crippen LogP contribution in [0.3, 0.4) is 0 Å². The molecule has 2 aliphatic rings. The normalized spacial score (nSPS) is 18.4. The molecule has 2 atom stereocenters. The minimum Gasteiger partial charge on any atom is -0.353 e. The van der Waals surface area contributed by atoms with Crippen molar-refractivity contribution in [3.05, 3.63) is 52.4 Å². The van der Waals surface area contributed by atoms with Crippen LogP contribution >= 0.6 is 36.4 Å². The third-order valence-corrected chi connectivity index (χ3v) is 6.64. The van der Waals surface area contributed by atoms with Crippen LogP contribution in [-0.4, -0.2) is 66.2 Å². The largest absolute Gasteiger partial charge is 0.401 e. The van der Waals surface area contributed by atoms with Gasteiger partial charge in [0.05, 0.1) is 12.5 Å². The van der Waals surface area contributed by atoms with Crippen molar-refractivity contribution in [3.63, 3.8) is 0 Å². The molecule has 2 unspecified atom stereocenters. The Hall–Kier alpha value is -1.81. The molecular weight excluding hydrogens is 526 g/mol. The van der Waals surface area contributed by atoms with E-state index in [0.29, 0.717) is 42.7 Å². The van der Waals surface area contributed by atoms with Crippen molar-refractivity contribution in [3.8, 4) is 0 Å². The van der Waals surface area contributed by atoms with Gasteiger partial charge in [0, 0.05) is 49.0 Å². The highest BCUT2D eigenvalue weighted by atomic mass is 35.5. The van der Waals surface area contributed by atoms with Crippen LogP contribution in [0.4, 0.5) is 19.0 Å². The lowest BCUT2D eigenvalue weighted by Crippen LogP contribution is -2.51. The molecule has 0 saturated carbocycles. The summed E-state index contributed by atoms with van der Waals surface area (Å²) in [7, 11) is 0. The number of amides is 1. The number of alkyl halides is 3.